The Morgan fingerprint density at radius 3 is 2.76 bits per heavy atom. The number of nitrogens with zero attached hydrogens (tertiary/aromatic N) is 1. The van der Waals surface area contributed by atoms with Gasteiger partial charge in [-0.2, -0.15) is 0 Å². The highest BCUT2D eigenvalue weighted by Gasteiger charge is 2.18. The van der Waals surface area contributed by atoms with Gasteiger partial charge in [-0.25, -0.2) is 0 Å². The van der Waals surface area contributed by atoms with Crippen LogP contribution in [0, 0.1) is 0 Å². The van der Waals surface area contributed by atoms with E-state index >= 15 is 0 Å². The molecule has 2 N–H and O–H groups in total. The highest BCUT2D eigenvalue weighted by atomic mass is 16.3. The summed E-state index contributed by atoms with van der Waals surface area (Å²) in [5.74, 6) is 0.366. The van der Waals surface area contributed by atoms with Crippen molar-refractivity contribution in [1.29, 1.82) is 0 Å². The van der Waals surface area contributed by atoms with Crippen molar-refractivity contribution in [2.75, 3.05) is 19.6 Å². The number of hydrogen-bond donors (Lipinski definition) is 2. The topological polar surface area (TPSA) is 35.5 Å². The average Bonchev–Trinajstić information content (AvgIpc) is 2.32. The zero-order valence-corrected chi connectivity index (χ0v) is 10.5. The van der Waals surface area contributed by atoms with E-state index in [2.05, 4.69) is 23.2 Å². The third kappa shape index (κ3) is 3.72. The highest BCUT2D eigenvalue weighted by Crippen LogP contribution is 2.16. The van der Waals surface area contributed by atoms with Gasteiger partial charge < -0.3 is 10.4 Å². The fraction of sp³-hybridized carbons (Fsp3) is 0.571. The van der Waals surface area contributed by atoms with Gasteiger partial charge in [0.05, 0.1) is 0 Å². The lowest BCUT2D eigenvalue weighted by molar-refractivity contribution is 0.191. The Morgan fingerprint density at radius 1 is 1.35 bits per heavy atom. The van der Waals surface area contributed by atoms with Gasteiger partial charge in [0.25, 0.3) is 0 Å². The minimum atomic E-state index is 0.366. The Morgan fingerprint density at radius 2 is 2.12 bits per heavy atom. The Balaban J connectivity index is 1.82. The second-order valence-corrected chi connectivity index (χ2v) is 4.78. The summed E-state index contributed by atoms with van der Waals surface area (Å²) in [4.78, 5) is 2.46. The lowest BCUT2D eigenvalue weighted by atomic mass is 10.0. The summed E-state index contributed by atoms with van der Waals surface area (Å²) in [6.45, 7) is 6.48. The van der Waals surface area contributed by atoms with Crippen LogP contribution >= 0.6 is 0 Å². The molecular formula is C14H22N2O. The molecule has 1 aliphatic rings. The Labute approximate surface area is 103 Å². The first-order chi connectivity index (χ1) is 8.28. The van der Waals surface area contributed by atoms with Gasteiger partial charge in [0, 0.05) is 12.6 Å². The second-order valence-electron chi connectivity index (χ2n) is 4.78. The van der Waals surface area contributed by atoms with E-state index in [1.807, 2.05) is 12.1 Å². The van der Waals surface area contributed by atoms with E-state index in [0.29, 0.717) is 11.8 Å². The normalized spacial score (nSPS) is 18.4. The van der Waals surface area contributed by atoms with Crippen LogP contribution in [0.3, 0.4) is 0 Å². The summed E-state index contributed by atoms with van der Waals surface area (Å²) >= 11 is 0. The molecule has 94 valence electrons. The van der Waals surface area contributed by atoms with Gasteiger partial charge in [-0.05, 0) is 50.2 Å². The first-order valence-corrected chi connectivity index (χ1v) is 6.51. The Kier molecular flexibility index (Phi) is 4.40. The fourth-order valence-electron chi connectivity index (χ4n) is 2.50. The van der Waals surface area contributed by atoms with Gasteiger partial charge in [-0.3, -0.25) is 4.90 Å². The maximum atomic E-state index is 9.43. The first-order valence-electron chi connectivity index (χ1n) is 6.51. The molecular weight excluding hydrogens is 212 g/mol. The number of rotatable bonds is 4. The lowest BCUT2D eigenvalue weighted by Crippen LogP contribution is -2.42. The standard InChI is InChI=1S/C14H22N2O/c1-2-15-13-6-8-16(9-7-13)11-12-4-3-5-14(17)10-12/h3-5,10,13,15,17H,2,6-9,11H2,1H3. The molecule has 0 aliphatic carbocycles. The summed E-state index contributed by atoms with van der Waals surface area (Å²) in [6, 6.07) is 8.27. The third-order valence-electron chi connectivity index (χ3n) is 3.40. The molecule has 3 heteroatoms. The number of benzene rings is 1. The van der Waals surface area contributed by atoms with E-state index in [0.717, 1.165) is 26.2 Å². The molecule has 3 nitrogen and oxygen atoms in total. The van der Waals surface area contributed by atoms with Crippen LogP contribution in [0.4, 0.5) is 0 Å². The van der Waals surface area contributed by atoms with Gasteiger partial charge in [-0.15, -0.1) is 0 Å². The Bertz CT molecular complexity index is 346. The molecule has 0 bridgehead atoms. The van der Waals surface area contributed by atoms with E-state index in [1.54, 1.807) is 6.07 Å². The molecule has 0 atom stereocenters. The van der Waals surface area contributed by atoms with Crippen molar-refractivity contribution in [3.63, 3.8) is 0 Å². The van der Waals surface area contributed by atoms with Gasteiger partial charge in [0.15, 0.2) is 0 Å². The summed E-state index contributed by atoms with van der Waals surface area (Å²) in [5, 5.41) is 12.9. The van der Waals surface area contributed by atoms with Crippen molar-refractivity contribution in [3.05, 3.63) is 29.8 Å². The molecule has 0 spiro atoms. The van der Waals surface area contributed by atoms with Gasteiger partial charge >= 0.3 is 0 Å². The van der Waals surface area contributed by atoms with E-state index in [9.17, 15) is 5.11 Å². The molecule has 1 saturated heterocycles. The molecule has 1 aromatic carbocycles. The number of phenolic OH excluding ortho intramolecular Hbond substituents is 1. The van der Waals surface area contributed by atoms with Crippen LogP contribution in [-0.2, 0) is 6.54 Å². The molecule has 0 aromatic heterocycles. The SMILES string of the molecule is CCNC1CCN(Cc2cccc(O)c2)CC1. The molecule has 0 radical (unpaired) electrons. The molecule has 1 aromatic rings. The van der Waals surface area contributed by atoms with Crippen LogP contribution in [0.2, 0.25) is 0 Å². The predicted octanol–water partition coefficient (Wildman–Crippen LogP) is 1.97. The van der Waals surface area contributed by atoms with Crippen LogP contribution in [0.25, 0.3) is 0 Å². The maximum Gasteiger partial charge on any atom is 0.115 e. The van der Waals surface area contributed by atoms with Gasteiger partial charge in [-0.1, -0.05) is 19.1 Å². The monoisotopic (exact) mass is 234 g/mol. The quantitative estimate of drug-likeness (QED) is 0.836. The summed E-state index contributed by atoms with van der Waals surface area (Å²) in [6.07, 6.45) is 2.46. The molecule has 0 saturated carbocycles. The average molecular weight is 234 g/mol. The number of aromatic hydroxyl groups is 1. The zero-order valence-electron chi connectivity index (χ0n) is 10.5. The highest BCUT2D eigenvalue weighted by molar-refractivity contribution is 5.27. The smallest absolute Gasteiger partial charge is 0.115 e. The summed E-state index contributed by atoms with van der Waals surface area (Å²) < 4.78 is 0. The first kappa shape index (κ1) is 12.4. The lowest BCUT2D eigenvalue weighted by Gasteiger charge is -2.32. The van der Waals surface area contributed by atoms with Crippen molar-refractivity contribution in [2.24, 2.45) is 0 Å². The van der Waals surface area contributed by atoms with Crippen LogP contribution in [0.5, 0.6) is 5.75 Å². The van der Waals surface area contributed by atoms with Crippen molar-refractivity contribution in [2.45, 2.75) is 32.4 Å². The molecule has 2 rings (SSSR count). The van der Waals surface area contributed by atoms with Crippen molar-refractivity contribution in [3.8, 4) is 5.75 Å². The molecule has 1 aliphatic heterocycles. The third-order valence-corrected chi connectivity index (χ3v) is 3.40. The van der Waals surface area contributed by atoms with Crippen LogP contribution in [-0.4, -0.2) is 35.7 Å². The second kappa shape index (κ2) is 6.03. The van der Waals surface area contributed by atoms with E-state index < -0.39 is 0 Å². The van der Waals surface area contributed by atoms with Crippen LogP contribution in [0.1, 0.15) is 25.3 Å². The van der Waals surface area contributed by atoms with Crippen LogP contribution in [0.15, 0.2) is 24.3 Å². The zero-order chi connectivity index (χ0) is 12.1. The maximum absolute atomic E-state index is 9.43. The van der Waals surface area contributed by atoms with Gasteiger partial charge in [0.1, 0.15) is 5.75 Å². The molecule has 0 unspecified atom stereocenters. The van der Waals surface area contributed by atoms with E-state index in [4.69, 9.17) is 0 Å². The number of phenols is 1. The fourth-order valence-corrected chi connectivity index (χ4v) is 2.50. The summed E-state index contributed by atoms with van der Waals surface area (Å²) in [7, 11) is 0. The molecule has 0 amide bonds. The van der Waals surface area contributed by atoms with Crippen molar-refractivity contribution >= 4 is 0 Å². The number of likely N-dealkylation sites (tertiary alicyclic amines) is 1. The van der Waals surface area contributed by atoms with E-state index in [1.165, 1.54) is 18.4 Å². The largest absolute Gasteiger partial charge is 0.508 e. The predicted molar refractivity (Wildman–Crippen MR) is 70.1 cm³/mol. The van der Waals surface area contributed by atoms with E-state index in [-0.39, 0.29) is 0 Å². The minimum Gasteiger partial charge on any atom is -0.508 e. The molecule has 1 fully saturated rings. The van der Waals surface area contributed by atoms with Crippen molar-refractivity contribution in [1.82, 2.24) is 10.2 Å². The molecule has 1 heterocycles. The number of piperidine rings is 1. The van der Waals surface area contributed by atoms with Gasteiger partial charge in [0.2, 0.25) is 0 Å². The minimum absolute atomic E-state index is 0.366. The van der Waals surface area contributed by atoms with Crippen LogP contribution < -0.4 is 5.32 Å². The van der Waals surface area contributed by atoms with Crippen molar-refractivity contribution < 1.29 is 5.11 Å². The molecule has 17 heavy (non-hydrogen) atoms. The number of hydrogen-bond acceptors (Lipinski definition) is 3. The Hall–Kier alpha value is -1.06. The number of nitrogens with one attached hydrogen (secondary N) is 1. The summed E-state index contributed by atoms with van der Waals surface area (Å²) in [5.41, 5.74) is 1.20.